The number of pyridine rings is 1. The minimum Gasteiger partial charge on any atom is -0.377 e. The molecule has 2 aliphatic rings. The third kappa shape index (κ3) is 4.67. The number of aryl methyl sites for hydroxylation is 1. The van der Waals surface area contributed by atoms with Crippen molar-refractivity contribution >= 4 is 17.3 Å². The summed E-state index contributed by atoms with van der Waals surface area (Å²) in [6.45, 7) is 6.61. The molecule has 5 rings (SSSR count). The maximum absolute atomic E-state index is 13.7. The molecule has 1 fully saturated rings. The third-order valence-corrected chi connectivity index (χ3v) is 7.35. The third-order valence-electron chi connectivity index (χ3n) is 7.35. The maximum Gasteiger partial charge on any atom is 0.286 e. The van der Waals surface area contributed by atoms with E-state index in [1.54, 1.807) is 6.07 Å². The molecule has 0 radical (unpaired) electrons. The minimum atomic E-state index is -3.13. The molecule has 0 bridgehead atoms. The number of nitrogens with one attached hydrogen (secondary N) is 1. The Hall–Kier alpha value is -3.83. The Morgan fingerprint density at radius 1 is 1.24 bits per heavy atom. The Kier molecular flexibility index (Phi) is 6.20. The lowest BCUT2D eigenvalue weighted by atomic mass is 9.73. The quantitative estimate of drug-likeness (QED) is 0.494. The van der Waals surface area contributed by atoms with Gasteiger partial charge in [-0.05, 0) is 72.9 Å². The number of nitrogens with zero attached hydrogens (tertiary/aromatic N) is 3. The summed E-state index contributed by atoms with van der Waals surface area (Å²) in [5.74, 6) is -3.62. The average molecular weight is 503 g/mol. The van der Waals surface area contributed by atoms with E-state index in [-0.39, 0.29) is 11.6 Å². The SMILES string of the molecule is Cc1ccc(NC(=O)c2ccnc(C(C)(F)F)c2)cc1-c1ccc2c(c1)N1CCOC[C@H]1[C@@](C)(C#N)C2. The fraction of sp³-hybridized carbons (Fsp3) is 0.345. The van der Waals surface area contributed by atoms with Crippen LogP contribution < -0.4 is 10.2 Å². The molecule has 3 aromatic rings. The van der Waals surface area contributed by atoms with Gasteiger partial charge < -0.3 is 15.0 Å². The molecule has 2 aromatic carbocycles. The number of fused-ring (bicyclic) bond motifs is 3. The predicted molar refractivity (Wildman–Crippen MR) is 138 cm³/mol. The number of benzene rings is 2. The number of hydrogen-bond donors (Lipinski definition) is 1. The van der Waals surface area contributed by atoms with Crippen molar-refractivity contribution in [3.05, 3.63) is 77.1 Å². The monoisotopic (exact) mass is 502 g/mol. The van der Waals surface area contributed by atoms with Gasteiger partial charge in [-0.1, -0.05) is 18.2 Å². The van der Waals surface area contributed by atoms with Gasteiger partial charge in [0, 0.05) is 36.6 Å². The maximum atomic E-state index is 13.7. The lowest BCUT2D eigenvalue weighted by molar-refractivity contribution is 0.0127. The van der Waals surface area contributed by atoms with Gasteiger partial charge in [0.15, 0.2) is 0 Å². The molecule has 3 heterocycles. The van der Waals surface area contributed by atoms with Crippen molar-refractivity contribution in [3.63, 3.8) is 0 Å². The van der Waals surface area contributed by atoms with E-state index in [4.69, 9.17) is 4.74 Å². The molecule has 6 nitrogen and oxygen atoms in total. The Morgan fingerprint density at radius 2 is 2.05 bits per heavy atom. The van der Waals surface area contributed by atoms with Gasteiger partial charge in [-0.15, -0.1) is 0 Å². The summed E-state index contributed by atoms with van der Waals surface area (Å²) in [5.41, 5.74) is 4.92. The zero-order valence-corrected chi connectivity index (χ0v) is 21.0. The molecular weight excluding hydrogens is 474 g/mol. The first-order valence-corrected chi connectivity index (χ1v) is 12.2. The molecule has 1 amide bonds. The zero-order valence-electron chi connectivity index (χ0n) is 21.0. The molecule has 1 N–H and O–H groups in total. The van der Waals surface area contributed by atoms with Crippen LogP contribution in [-0.2, 0) is 17.1 Å². The van der Waals surface area contributed by atoms with E-state index in [1.807, 2.05) is 32.0 Å². The van der Waals surface area contributed by atoms with Gasteiger partial charge in [-0.2, -0.15) is 14.0 Å². The highest BCUT2D eigenvalue weighted by atomic mass is 19.3. The highest BCUT2D eigenvalue weighted by molar-refractivity contribution is 6.04. The minimum absolute atomic E-state index is 0.0125. The number of rotatable bonds is 4. The van der Waals surface area contributed by atoms with Crippen molar-refractivity contribution < 1.29 is 18.3 Å². The molecule has 0 unspecified atom stereocenters. The van der Waals surface area contributed by atoms with Crippen molar-refractivity contribution in [1.82, 2.24) is 4.98 Å². The van der Waals surface area contributed by atoms with Crippen LogP contribution in [0.15, 0.2) is 54.7 Å². The number of morpholine rings is 1. The van der Waals surface area contributed by atoms with Crippen LogP contribution >= 0.6 is 0 Å². The predicted octanol–water partition coefficient (Wildman–Crippen LogP) is 5.71. The van der Waals surface area contributed by atoms with Crippen LogP contribution in [0.4, 0.5) is 20.2 Å². The van der Waals surface area contributed by atoms with Crippen LogP contribution in [0.25, 0.3) is 11.1 Å². The number of alkyl halides is 2. The largest absolute Gasteiger partial charge is 0.377 e. The number of hydrogen-bond acceptors (Lipinski definition) is 5. The van der Waals surface area contributed by atoms with E-state index in [0.29, 0.717) is 25.3 Å². The molecule has 1 aromatic heterocycles. The van der Waals surface area contributed by atoms with Crippen molar-refractivity contribution in [3.8, 4) is 17.2 Å². The molecule has 2 atom stereocenters. The van der Waals surface area contributed by atoms with Gasteiger partial charge in [0.2, 0.25) is 0 Å². The number of aromatic nitrogens is 1. The second kappa shape index (κ2) is 9.24. The van der Waals surface area contributed by atoms with E-state index in [2.05, 4.69) is 33.4 Å². The lowest BCUT2D eigenvalue weighted by Crippen LogP contribution is -2.57. The number of amides is 1. The summed E-state index contributed by atoms with van der Waals surface area (Å²) < 4.78 is 33.1. The number of nitriles is 1. The Bertz CT molecular complexity index is 1410. The first-order chi connectivity index (χ1) is 17.6. The summed E-state index contributed by atoms with van der Waals surface area (Å²) in [7, 11) is 0. The summed E-state index contributed by atoms with van der Waals surface area (Å²) in [4.78, 5) is 18.8. The van der Waals surface area contributed by atoms with Gasteiger partial charge in [0.1, 0.15) is 5.69 Å². The fourth-order valence-electron chi connectivity index (χ4n) is 5.22. The van der Waals surface area contributed by atoms with Crippen LogP contribution in [0, 0.1) is 23.7 Å². The Morgan fingerprint density at radius 3 is 2.81 bits per heavy atom. The number of halogens is 2. The number of anilines is 2. The molecule has 0 aliphatic carbocycles. The van der Waals surface area contributed by atoms with Gasteiger partial charge in [-0.3, -0.25) is 9.78 Å². The molecule has 190 valence electrons. The molecule has 8 heteroatoms. The number of ether oxygens (including phenoxy) is 1. The van der Waals surface area contributed by atoms with E-state index < -0.39 is 22.9 Å². The Labute approximate surface area is 214 Å². The van der Waals surface area contributed by atoms with Crippen LogP contribution in [0.1, 0.15) is 41.0 Å². The molecule has 1 saturated heterocycles. The topological polar surface area (TPSA) is 78.2 Å². The highest BCUT2D eigenvalue weighted by Gasteiger charge is 2.45. The zero-order chi connectivity index (χ0) is 26.4. The number of carbonyl (C=O) groups excluding carboxylic acids is 1. The molecule has 37 heavy (non-hydrogen) atoms. The van der Waals surface area contributed by atoms with E-state index in [9.17, 15) is 18.8 Å². The second-order valence-corrected chi connectivity index (χ2v) is 10.1. The summed E-state index contributed by atoms with van der Waals surface area (Å²) in [6.07, 6.45) is 1.87. The van der Waals surface area contributed by atoms with Crippen LogP contribution in [0.5, 0.6) is 0 Å². The summed E-state index contributed by atoms with van der Waals surface area (Å²) >= 11 is 0. The van der Waals surface area contributed by atoms with Gasteiger partial charge in [0.05, 0.1) is 30.7 Å². The molecule has 0 spiro atoms. The van der Waals surface area contributed by atoms with Gasteiger partial charge in [0.25, 0.3) is 11.8 Å². The summed E-state index contributed by atoms with van der Waals surface area (Å²) in [5, 5.41) is 12.7. The van der Waals surface area contributed by atoms with Crippen molar-refractivity contribution in [2.45, 2.75) is 39.2 Å². The first-order valence-electron chi connectivity index (χ1n) is 12.2. The lowest BCUT2D eigenvalue weighted by Gasteiger charge is -2.49. The molecule has 2 aliphatic heterocycles. The normalized spacial score (nSPS) is 21.0. The molecular formula is C29H28F2N4O2. The van der Waals surface area contributed by atoms with Crippen LogP contribution in [0.2, 0.25) is 0 Å². The van der Waals surface area contributed by atoms with Crippen molar-refractivity contribution in [2.75, 3.05) is 30.0 Å². The summed E-state index contributed by atoms with van der Waals surface area (Å²) in [6, 6.07) is 16.9. The standard InChI is InChI=1S/C29H28F2N4O2/c1-18-4-7-22(34-27(36)20-8-9-33-25(13-20)29(3,30)31)14-23(18)19-5-6-21-15-28(2,17-32)26-16-37-11-10-35(26)24(21)12-19/h4-9,12-14,26H,10-11,15-16H2,1-3H3,(H,34,36)/t26-,28+/m0/s1. The van der Waals surface area contributed by atoms with Crippen LogP contribution in [-0.4, -0.2) is 36.7 Å². The average Bonchev–Trinajstić information content (AvgIpc) is 2.89. The number of carbonyl (C=O) groups is 1. The van der Waals surface area contributed by atoms with E-state index in [0.717, 1.165) is 47.5 Å². The smallest absolute Gasteiger partial charge is 0.286 e. The van der Waals surface area contributed by atoms with Crippen molar-refractivity contribution in [1.29, 1.82) is 5.26 Å². The first kappa shape index (κ1) is 24.8. The highest BCUT2D eigenvalue weighted by Crippen LogP contribution is 2.44. The van der Waals surface area contributed by atoms with Gasteiger partial charge in [-0.25, -0.2) is 0 Å². The second-order valence-electron chi connectivity index (χ2n) is 10.1. The van der Waals surface area contributed by atoms with E-state index in [1.165, 1.54) is 12.3 Å². The van der Waals surface area contributed by atoms with Gasteiger partial charge >= 0.3 is 0 Å². The van der Waals surface area contributed by atoms with Crippen LogP contribution in [0.3, 0.4) is 0 Å². The fourth-order valence-corrected chi connectivity index (χ4v) is 5.22. The molecule has 0 saturated carbocycles. The van der Waals surface area contributed by atoms with Crippen molar-refractivity contribution in [2.24, 2.45) is 5.41 Å². The Balaban J connectivity index is 1.45. The van der Waals surface area contributed by atoms with E-state index >= 15 is 0 Å².